The van der Waals surface area contributed by atoms with Crippen molar-refractivity contribution in [1.29, 1.82) is 0 Å². The van der Waals surface area contributed by atoms with Gasteiger partial charge >= 0.3 is 0 Å². The standard InChI is InChI=1S/C12H17BrN2/c1-10(7-14)8-15(2)9-11-5-3-4-6-12(11)13/h3-6H,1,7-9,14H2,2H3. The van der Waals surface area contributed by atoms with Crippen LogP contribution in [0.25, 0.3) is 0 Å². The summed E-state index contributed by atoms with van der Waals surface area (Å²) in [6, 6.07) is 8.24. The molecule has 0 unspecified atom stereocenters. The number of nitrogens with two attached hydrogens (primary N) is 1. The molecule has 0 atom stereocenters. The second kappa shape index (κ2) is 6.05. The Kier molecular flexibility index (Phi) is 5.02. The van der Waals surface area contributed by atoms with Crippen LogP contribution in [0.4, 0.5) is 0 Å². The van der Waals surface area contributed by atoms with Crippen LogP contribution in [0, 0.1) is 0 Å². The summed E-state index contributed by atoms with van der Waals surface area (Å²) in [6.07, 6.45) is 0. The lowest BCUT2D eigenvalue weighted by molar-refractivity contribution is 0.353. The molecule has 3 heteroatoms. The van der Waals surface area contributed by atoms with Gasteiger partial charge in [0.25, 0.3) is 0 Å². The number of likely N-dealkylation sites (N-methyl/N-ethyl adjacent to an activating group) is 1. The lowest BCUT2D eigenvalue weighted by atomic mass is 10.2. The summed E-state index contributed by atoms with van der Waals surface area (Å²) in [4.78, 5) is 2.20. The smallest absolute Gasteiger partial charge is 0.0245 e. The molecule has 0 spiro atoms. The van der Waals surface area contributed by atoms with E-state index in [0.717, 1.165) is 23.1 Å². The van der Waals surface area contributed by atoms with Crippen LogP contribution in [0.1, 0.15) is 5.56 Å². The van der Waals surface area contributed by atoms with Crippen LogP contribution in [0.5, 0.6) is 0 Å². The predicted octanol–water partition coefficient (Wildman–Crippen LogP) is 2.40. The van der Waals surface area contributed by atoms with Crippen LogP contribution in [0.2, 0.25) is 0 Å². The lowest BCUT2D eigenvalue weighted by Gasteiger charge is -2.18. The highest BCUT2D eigenvalue weighted by molar-refractivity contribution is 9.10. The van der Waals surface area contributed by atoms with Gasteiger partial charge in [-0.3, -0.25) is 4.90 Å². The Labute approximate surface area is 99.9 Å². The van der Waals surface area contributed by atoms with Gasteiger partial charge in [-0.1, -0.05) is 40.7 Å². The quantitative estimate of drug-likeness (QED) is 0.832. The van der Waals surface area contributed by atoms with Crippen LogP contribution >= 0.6 is 15.9 Å². The van der Waals surface area contributed by atoms with Crippen LogP contribution in [0.15, 0.2) is 40.9 Å². The van der Waals surface area contributed by atoms with Gasteiger partial charge in [0.05, 0.1) is 0 Å². The Morgan fingerprint density at radius 1 is 1.47 bits per heavy atom. The van der Waals surface area contributed by atoms with Crippen LogP contribution in [-0.2, 0) is 6.54 Å². The van der Waals surface area contributed by atoms with E-state index >= 15 is 0 Å². The largest absolute Gasteiger partial charge is 0.327 e. The van der Waals surface area contributed by atoms with E-state index in [1.165, 1.54) is 5.56 Å². The molecule has 0 aromatic heterocycles. The summed E-state index contributed by atoms with van der Waals surface area (Å²) in [5.74, 6) is 0. The Hall–Kier alpha value is -0.640. The molecule has 0 radical (unpaired) electrons. The molecule has 0 aliphatic carbocycles. The summed E-state index contributed by atoms with van der Waals surface area (Å²) in [6.45, 7) is 6.20. The number of hydrogen-bond donors (Lipinski definition) is 1. The van der Waals surface area contributed by atoms with E-state index in [9.17, 15) is 0 Å². The highest BCUT2D eigenvalue weighted by Crippen LogP contribution is 2.17. The van der Waals surface area contributed by atoms with Crippen LogP contribution < -0.4 is 5.73 Å². The molecule has 1 aromatic carbocycles. The molecule has 0 amide bonds. The fourth-order valence-electron chi connectivity index (χ4n) is 1.42. The van der Waals surface area contributed by atoms with Crippen LogP contribution in [0.3, 0.4) is 0 Å². The van der Waals surface area contributed by atoms with E-state index < -0.39 is 0 Å². The van der Waals surface area contributed by atoms with Crippen molar-refractivity contribution in [2.45, 2.75) is 6.54 Å². The average molecular weight is 269 g/mol. The third-order valence-corrected chi connectivity index (χ3v) is 2.95. The van der Waals surface area contributed by atoms with Gasteiger partial charge < -0.3 is 5.73 Å². The van der Waals surface area contributed by atoms with Gasteiger partial charge in [-0.25, -0.2) is 0 Å². The number of nitrogens with zero attached hydrogens (tertiary/aromatic N) is 1. The fraction of sp³-hybridized carbons (Fsp3) is 0.333. The van der Waals surface area contributed by atoms with Gasteiger partial charge in [-0.2, -0.15) is 0 Å². The molecule has 1 rings (SSSR count). The van der Waals surface area contributed by atoms with Crippen molar-refractivity contribution in [2.75, 3.05) is 20.1 Å². The maximum Gasteiger partial charge on any atom is 0.0245 e. The summed E-state index contributed by atoms with van der Waals surface area (Å²) >= 11 is 3.53. The highest BCUT2D eigenvalue weighted by Gasteiger charge is 2.04. The Balaban J connectivity index is 2.55. The van der Waals surface area contributed by atoms with Crippen molar-refractivity contribution in [2.24, 2.45) is 5.73 Å². The van der Waals surface area contributed by atoms with Gasteiger partial charge in [-0.15, -0.1) is 0 Å². The minimum absolute atomic E-state index is 0.556. The maximum absolute atomic E-state index is 5.51. The molecule has 0 aliphatic rings. The van der Waals surface area contributed by atoms with Crippen LogP contribution in [-0.4, -0.2) is 25.0 Å². The molecule has 0 aliphatic heterocycles. The van der Waals surface area contributed by atoms with E-state index in [4.69, 9.17) is 5.73 Å². The molecule has 0 heterocycles. The predicted molar refractivity (Wildman–Crippen MR) is 68.7 cm³/mol. The average Bonchev–Trinajstić information content (AvgIpc) is 2.21. The van der Waals surface area contributed by atoms with Gasteiger partial charge in [0.2, 0.25) is 0 Å². The topological polar surface area (TPSA) is 29.3 Å². The number of rotatable bonds is 5. The minimum Gasteiger partial charge on any atom is -0.327 e. The lowest BCUT2D eigenvalue weighted by Crippen LogP contribution is -2.23. The van der Waals surface area contributed by atoms with E-state index in [-0.39, 0.29) is 0 Å². The number of hydrogen-bond acceptors (Lipinski definition) is 2. The second-order valence-corrected chi connectivity index (χ2v) is 4.57. The first kappa shape index (κ1) is 12.4. The molecular formula is C12H17BrN2. The summed E-state index contributed by atoms with van der Waals surface area (Å²) in [7, 11) is 2.07. The van der Waals surface area contributed by atoms with E-state index in [1.807, 2.05) is 12.1 Å². The SMILES string of the molecule is C=C(CN)CN(C)Cc1ccccc1Br. The third-order valence-electron chi connectivity index (χ3n) is 2.18. The molecule has 2 nitrogen and oxygen atoms in total. The second-order valence-electron chi connectivity index (χ2n) is 3.72. The van der Waals surface area contributed by atoms with Crippen molar-refractivity contribution in [3.05, 3.63) is 46.5 Å². The Morgan fingerprint density at radius 2 is 2.13 bits per heavy atom. The zero-order chi connectivity index (χ0) is 11.3. The first-order valence-corrected chi connectivity index (χ1v) is 5.71. The third kappa shape index (κ3) is 4.16. The number of halogens is 1. The summed E-state index contributed by atoms with van der Waals surface area (Å²) in [5.41, 5.74) is 7.85. The van der Waals surface area contributed by atoms with E-state index in [0.29, 0.717) is 6.54 Å². The van der Waals surface area contributed by atoms with Gasteiger partial charge in [-0.05, 0) is 24.3 Å². The monoisotopic (exact) mass is 268 g/mol. The molecule has 0 saturated heterocycles. The van der Waals surface area contributed by atoms with Gasteiger partial charge in [0.15, 0.2) is 0 Å². The fourth-order valence-corrected chi connectivity index (χ4v) is 1.83. The zero-order valence-electron chi connectivity index (χ0n) is 9.04. The first-order valence-electron chi connectivity index (χ1n) is 4.92. The number of benzene rings is 1. The Morgan fingerprint density at radius 3 is 2.73 bits per heavy atom. The molecule has 15 heavy (non-hydrogen) atoms. The Bertz CT molecular complexity index is 336. The molecule has 82 valence electrons. The van der Waals surface area contributed by atoms with Crippen molar-refractivity contribution in [3.8, 4) is 0 Å². The van der Waals surface area contributed by atoms with Crippen molar-refractivity contribution in [3.63, 3.8) is 0 Å². The maximum atomic E-state index is 5.51. The molecule has 2 N–H and O–H groups in total. The minimum atomic E-state index is 0.556. The molecule has 0 fully saturated rings. The molecule has 1 aromatic rings. The van der Waals surface area contributed by atoms with Crippen molar-refractivity contribution in [1.82, 2.24) is 4.90 Å². The van der Waals surface area contributed by atoms with Crippen molar-refractivity contribution >= 4 is 15.9 Å². The van der Waals surface area contributed by atoms with E-state index in [2.05, 4.69) is 46.6 Å². The van der Waals surface area contributed by atoms with Gasteiger partial charge in [0.1, 0.15) is 0 Å². The van der Waals surface area contributed by atoms with E-state index in [1.54, 1.807) is 0 Å². The molecule has 0 bridgehead atoms. The van der Waals surface area contributed by atoms with Gasteiger partial charge in [0, 0.05) is 24.1 Å². The normalized spacial score (nSPS) is 10.7. The van der Waals surface area contributed by atoms with Crippen molar-refractivity contribution < 1.29 is 0 Å². The zero-order valence-corrected chi connectivity index (χ0v) is 10.6. The molecule has 0 saturated carbocycles. The molecular weight excluding hydrogens is 252 g/mol. The summed E-state index contributed by atoms with van der Waals surface area (Å²) < 4.78 is 1.15. The first-order chi connectivity index (χ1) is 7.13. The summed E-state index contributed by atoms with van der Waals surface area (Å²) in [5, 5.41) is 0. The highest BCUT2D eigenvalue weighted by atomic mass is 79.9.